The van der Waals surface area contributed by atoms with Gasteiger partial charge < -0.3 is 10.2 Å². The lowest BCUT2D eigenvalue weighted by molar-refractivity contribution is 0.328. The van der Waals surface area contributed by atoms with Gasteiger partial charge in [-0.2, -0.15) is 4.98 Å². The van der Waals surface area contributed by atoms with Crippen LogP contribution in [0.5, 0.6) is 0 Å². The van der Waals surface area contributed by atoms with Crippen LogP contribution >= 0.6 is 11.6 Å². The van der Waals surface area contributed by atoms with Crippen molar-refractivity contribution in [2.45, 2.75) is 19.0 Å². The Morgan fingerprint density at radius 2 is 2.00 bits per heavy atom. The molecule has 7 heteroatoms. The van der Waals surface area contributed by atoms with Crippen molar-refractivity contribution in [1.29, 1.82) is 0 Å². The number of hydrogen-bond donors (Lipinski definition) is 1. The molecule has 0 spiro atoms. The molecule has 1 fully saturated rings. The Bertz CT molecular complexity index is 920. The number of nitrogens with one attached hydrogen (secondary N) is 1. The molecule has 1 N–H and O–H groups in total. The van der Waals surface area contributed by atoms with Gasteiger partial charge in [-0.05, 0) is 30.2 Å². The van der Waals surface area contributed by atoms with E-state index < -0.39 is 0 Å². The Balaban J connectivity index is 1.39. The molecule has 2 heterocycles. The summed E-state index contributed by atoms with van der Waals surface area (Å²) >= 11 is 6.10. The number of likely N-dealkylation sites (tertiary alicyclic amines) is 1. The van der Waals surface area contributed by atoms with Gasteiger partial charge >= 0.3 is 0 Å². The maximum atomic E-state index is 6.10. The summed E-state index contributed by atoms with van der Waals surface area (Å²) in [6, 6.07) is 18.5. The number of benzene rings is 2. The first kappa shape index (κ1) is 18.7. The van der Waals surface area contributed by atoms with E-state index in [2.05, 4.69) is 55.5 Å². The second kappa shape index (κ2) is 8.54. The molecular weight excluding hydrogens is 372 g/mol. The largest absolute Gasteiger partial charge is 0.350 e. The molecule has 0 aliphatic carbocycles. The summed E-state index contributed by atoms with van der Waals surface area (Å²) in [4.78, 5) is 17.5. The van der Waals surface area contributed by atoms with Crippen molar-refractivity contribution < 1.29 is 0 Å². The topological polar surface area (TPSA) is 57.2 Å². The lowest BCUT2D eigenvalue weighted by atomic mass is 10.2. The fourth-order valence-electron chi connectivity index (χ4n) is 3.44. The van der Waals surface area contributed by atoms with Crippen LogP contribution in [0.15, 0.2) is 60.9 Å². The van der Waals surface area contributed by atoms with Crippen molar-refractivity contribution in [3.05, 3.63) is 71.5 Å². The number of anilines is 3. The number of rotatable bonds is 6. The van der Waals surface area contributed by atoms with Crippen LogP contribution in [0.3, 0.4) is 0 Å². The van der Waals surface area contributed by atoms with Gasteiger partial charge in [0.25, 0.3) is 0 Å². The van der Waals surface area contributed by atoms with Crippen LogP contribution in [0.4, 0.5) is 17.6 Å². The second-order valence-corrected chi connectivity index (χ2v) is 7.44. The predicted octanol–water partition coefficient (Wildman–Crippen LogP) is 3.98. The SMILES string of the molecule is CN(c1cccc(Cl)c1)c1ncnc(NC2CCN(Cc3ccccc3)C2)n1. The molecule has 0 radical (unpaired) electrons. The summed E-state index contributed by atoms with van der Waals surface area (Å²) in [6.07, 6.45) is 2.61. The fourth-order valence-corrected chi connectivity index (χ4v) is 3.62. The van der Waals surface area contributed by atoms with Crippen molar-refractivity contribution in [3.8, 4) is 0 Å². The van der Waals surface area contributed by atoms with E-state index in [4.69, 9.17) is 11.6 Å². The molecule has 28 heavy (non-hydrogen) atoms. The highest BCUT2D eigenvalue weighted by Gasteiger charge is 2.23. The zero-order valence-electron chi connectivity index (χ0n) is 15.8. The summed E-state index contributed by atoms with van der Waals surface area (Å²) in [6.45, 7) is 3.01. The third kappa shape index (κ3) is 4.58. The van der Waals surface area contributed by atoms with Crippen LogP contribution in [-0.2, 0) is 6.54 Å². The molecule has 1 atom stereocenters. The third-order valence-electron chi connectivity index (χ3n) is 4.91. The zero-order valence-corrected chi connectivity index (χ0v) is 16.5. The summed E-state index contributed by atoms with van der Waals surface area (Å²) < 4.78 is 0. The van der Waals surface area contributed by atoms with Crippen LogP contribution < -0.4 is 10.2 Å². The van der Waals surface area contributed by atoms with E-state index in [9.17, 15) is 0 Å². The molecule has 0 bridgehead atoms. The van der Waals surface area contributed by atoms with Gasteiger partial charge in [0.05, 0.1) is 0 Å². The molecule has 144 valence electrons. The van der Waals surface area contributed by atoms with E-state index in [-0.39, 0.29) is 0 Å². The van der Waals surface area contributed by atoms with Crippen LogP contribution in [0, 0.1) is 0 Å². The van der Waals surface area contributed by atoms with Crippen LogP contribution in [0.2, 0.25) is 5.02 Å². The highest BCUT2D eigenvalue weighted by Crippen LogP contribution is 2.24. The van der Waals surface area contributed by atoms with Crippen molar-refractivity contribution in [2.75, 3.05) is 30.4 Å². The first-order valence-corrected chi connectivity index (χ1v) is 9.76. The van der Waals surface area contributed by atoms with Crippen molar-refractivity contribution in [3.63, 3.8) is 0 Å². The normalized spacial score (nSPS) is 16.9. The van der Waals surface area contributed by atoms with Gasteiger partial charge in [-0.25, -0.2) is 9.97 Å². The lowest BCUT2D eigenvalue weighted by Gasteiger charge is -2.19. The zero-order chi connectivity index (χ0) is 19.3. The molecule has 6 nitrogen and oxygen atoms in total. The minimum atomic E-state index is 0.329. The lowest BCUT2D eigenvalue weighted by Crippen LogP contribution is -2.27. The first-order chi connectivity index (χ1) is 13.7. The molecule has 1 aliphatic rings. The quantitative estimate of drug-likeness (QED) is 0.682. The van der Waals surface area contributed by atoms with Crippen LogP contribution in [0.1, 0.15) is 12.0 Å². The van der Waals surface area contributed by atoms with Crippen LogP contribution in [0.25, 0.3) is 0 Å². The van der Waals surface area contributed by atoms with E-state index in [0.717, 1.165) is 31.7 Å². The molecule has 2 aromatic carbocycles. The minimum absolute atomic E-state index is 0.329. The summed E-state index contributed by atoms with van der Waals surface area (Å²) in [5.74, 6) is 1.18. The van der Waals surface area contributed by atoms with E-state index in [1.54, 1.807) is 6.33 Å². The molecule has 1 saturated heterocycles. The molecule has 1 unspecified atom stereocenters. The van der Waals surface area contributed by atoms with E-state index in [1.807, 2.05) is 36.2 Å². The van der Waals surface area contributed by atoms with Gasteiger partial charge in [0.15, 0.2) is 0 Å². The second-order valence-electron chi connectivity index (χ2n) is 7.00. The highest BCUT2D eigenvalue weighted by atomic mass is 35.5. The van der Waals surface area contributed by atoms with Crippen molar-refractivity contribution in [1.82, 2.24) is 19.9 Å². The van der Waals surface area contributed by atoms with Crippen LogP contribution in [-0.4, -0.2) is 46.0 Å². The molecule has 0 amide bonds. The average molecular weight is 395 g/mol. The van der Waals surface area contributed by atoms with Gasteiger partial charge in [-0.15, -0.1) is 0 Å². The molecule has 3 aromatic rings. The fraction of sp³-hybridized carbons (Fsp3) is 0.286. The van der Waals surface area contributed by atoms with Gasteiger partial charge in [0.2, 0.25) is 11.9 Å². The number of nitrogens with zero attached hydrogens (tertiary/aromatic N) is 5. The van der Waals surface area contributed by atoms with Gasteiger partial charge in [0, 0.05) is 43.4 Å². The maximum Gasteiger partial charge on any atom is 0.234 e. The Morgan fingerprint density at radius 1 is 1.14 bits per heavy atom. The summed E-state index contributed by atoms with van der Waals surface area (Å²) in [5.41, 5.74) is 2.27. The molecule has 1 aliphatic heterocycles. The number of halogens is 1. The van der Waals surface area contributed by atoms with Gasteiger partial charge in [0.1, 0.15) is 6.33 Å². The Hall–Kier alpha value is -2.70. The Labute approximate surface area is 170 Å². The maximum absolute atomic E-state index is 6.10. The van der Waals surface area contributed by atoms with Crippen molar-refractivity contribution in [2.24, 2.45) is 0 Å². The minimum Gasteiger partial charge on any atom is -0.350 e. The monoisotopic (exact) mass is 394 g/mol. The van der Waals surface area contributed by atoms with E-state index in [0.29, 0.717) is 23.0 Å². The van der Waals surface area contributed by atoms with Gasteiger partial charge in [-0.1, -0.05) is 48.0 Å². The van der Waals surface area contributed by atoms with Crippen molar-refractivity contribution >= 4 is 29.2 Å². The summed E-state index contributed by atoms with van der Waals surface area (Å²) in [7, 11) is 1.92. The molecule has 1 aromatic heterocycles. The number of aromatic nitrogens is 3. The molecular formula is C21H23ClN6. The third-order valence-corrected chi connectivity index (χ3v) is 5.14. The smallest absolute Gasteiger partial charge is 0.234 e. The van der Waals surface area contributed by atoms with E-state index >= 15 is 0 Å². The molecule has 4 rings (SSSR count). The van der Waals surface area contributed by atoms with Gasteiger partial charge in [-0.3, -0.25) is 4.90 Å². The highest BCUT2D eigenvalue weighted by molar-refractivity contribution is 6.30. The Kier molecular flexibility index (Phi) is 5.69. The first-order valence-electron chi connectivity index (χ1n) is 9.38. The predicted molar refractivity (Wildman–Crippen MR) is 113 cm³/mol. The number of hydrogen-bond acceptors (Lipinski definition) is 6. The summed E-state index contributed by atoms with van der Waals surface area (Å²) in [5, 5.41) is 4.14. The van der Waals surface area contributed by atoms with E-state index in [1.165, 1.54) is 5.56 Å². The average Bonchev–Trinajstić information content (AvgIpc) is 3.15. The Morgan fingerprint density at radius 3 is 2.82 bits per heavy atom. The molecule has 0 saturated carbocycles. The standard InChI is InChI=1S/C21H23ClN6/c1-27(19-9-5-8-17(22)12-19)21-24-15-23-20(26-21)25-18-10-11-28(14-18)13-16-6-3-2-4-7-16/h2-9,12,15,18H,10-11,13-14H2,1H3,(H,23,24,25,26).